The van der Waals surface area contributed by atoms with E-state index in [-0.39, 0.29) is 4.90 Å². The number of aromatic carboxylic acids is 1. The first kappa shape index (κ1) is 15.0. The highest BCUT2D eigenvalue weighted by Gasteiger charge is 2.22. The smallest absolute Gasteiger partial charge is 0.337 e. The summed E-state index contributed by atoms with van der Waals surface area (Å²) >= 11 is 0. The Morgan fingerprint density at radius 1 is 1.14 bits per heavy atom. The normalized spacial score (nSPS) is 11.1. The standard InChI is InChI=1S/C14H12FNO4S/c1-9-5-2-3-8-12(9)21(19,20)16-13-10(14(17)18)6-4-7-11(13)15/h2-8,16H,1H3,(H,17,18). The molecule has 0 fully saturated rings. The number of aryl methyl sites for hydroxylation is 1. The molecule has 21 heavy (non-hydrogen) atoms. The Morgan fingerprint density at radius 2 is 1.81 bits per heavy atom. The molecule has 0 aliphatic rings. The van der Waals surface area contributed by atoms with Crippen LogP contribution in [-0.4, -0.2) is 19.5 Å². The number of para-hydroxylation sites is 1. The second kappa shape index (κ2) is 5.53. The van der Waals surface area contributed by atoms with Gasteiger partial charge in [-0.3, -0.25) is 4.72 Å². The predicted octanol–water partition coefficient (Wildman–Crippen LogP) is 2.63. The van der Waals surface area contributed by atoms with Crippen molar-refractivity contribution in [2.75, 3.05) is 4.72 Å². The fourth-order valence-electron chi connectivity index (χ4n) is 1.85. The van der Waals surface area contributed by atoms with Crippen molar-refractivity contribution in [3.63, 3.8) is 0 Å². The molecule has 0 aromatic heterocycles. The number of rotatable bonds is 4. The van der Waals surface area contributed by atoms with Crippen molar-refractivity contribution in [3.8, 4) is 0 Å². The fourth-order valence-corrected chi connectivity index (χ4v) is 3.19. The molecular formula is C14H12FNO4S. The maximum atomic E-state index is 13.8. The van der Waals surface area contributed by atoms with Crippen molar-refractivity contribution in [2.45, 2.75) is 11.8 Å². The van der Waals surface area contributed by atoms with Crippen LogP contribution in [0.4, 0.5) is 10.1 Å². The number of carboxylic acids is 1. The average molecular weight is 309 g/mol. The highest BCUT2D eigenvalue weighted by molar-refractivity contribution is 7.92. The van der Waals surface area contributed by atoms with Gasteiger partial charge in [0.25, 0.3) is 10.0 Å². The van der Waals surface area contributed by atoms with E-state index in [9.17, 15) is 17.6 Å². The van der Waals surface area contributed by atoms with E-state index in [1.54, 1.807) is 19.1 Å². The molecule has 0 amide bonds. The maximum Gasteiger partial charge on any atom is 0.337 e. The van der Waals surface area contributed by atoms with Crippen molar-refractivity contribution in [2.24, 2.45) is 0 Å². The second-order valence-corrected chi connectivity index (χ2v) is 5.99. The van der Waals surface area contributed by atoms with Gasteiger partial charge in [-0.2, -0.15) is 0 Å². The van der Waals surface area contributed by atoms with Crippen LogP contribution in [-0.2, 0) is 10.0 Å². The minimum Gasteiger partial charge on any atom is -0.478 e. The van der Waals surface area contributed by atoms with Crippen molar-refractivity contribution in [1.29, 1.82) is 0 Å². The van der Waals surface area contributed by atoms with Crippen molar-refractivity contribution >= 4 is 21.7 Å². The highest BCUT2D eigenvalue weighted by atomic mass is 32.2. The lowest BCUT2D eigenvalue weighted by Crippen LogP contribution is -2.17. The number of halogens is 1. The molecule has 2 aromatic carbocycles. The van der Waals surface area contributed by atoms with E-state index in [0.717, 1.165) is 12.1 Å². The molecule has 2 rings (SSSR count). The van der Waals surface area contributed by atoms with Crippen LogP contribution in [0.25, 0.3) is 0 Å². The van der Waals surface area contributed by atoms with Gasteiger partial charge in [-0.05, 0) is 30.7 Å². The number of hydrogen-bond donors (Lipinski definition) is 2. The Morgan fingerprint density at radius 3 is 2.43 bits per heavy atom. The van der Waals surface area contributed by atoms with Crippen LogP contribution in [0.3, 0.4) is 0 Å². The van der Waals surface area contributed by atoms with Crippen LogP contribution >= 0.6 is 0 Å². The molecule has 0 bridgehead atoms. The zero-order chi connectivity index (χ0) is 15.6. The molecule has 0 radical (unpaired) electrons. The third kappa shape index (κ3) is 3.03. The highest BCUT2D eigenvalue weighted by Crippen LogP contribution is 2.24. The van der Waals surface area contributed by atoms with Gasteiger partial charge in [0.05, 0.1) is 16.1 Å². The quantitative estimate of drug-likeness (QED) is 0.909. The maximum absolute atomic E-state index is 13.8. The summed E-state index contributed by atoms with van der Waals surface area (Å²) in [7, 11) is -4.08. The van der Waals surface area contributed by atoms with Crippen molar-refractivity contribution in [1.82, 2.24) is 0 Å². The lowest BCUT2D eigenvalue weighted by atomic mass is 10.2. The van der Waals surface area contributed by atoms with Gasteiger partial charge in [-0.25, -0.2) is 17.6 Å². The van der Waals surface area contributed by atoms with Gasteiger partial charge in [0, 0.05) is 0 Å². The Kier molecular flexibility index (Phi) is 3.95. The van der Waals surface area contributed by atoms with Crippen molar-refractivity contribution < 1.29 is 22.7 Å². The first-order valence-electron chi connectivity index (χ1n) is 5.93. The minimum atomic E-state index is -4.08. The van der Waals surface area contributed by atoms with Gasteiger partial charge in [0.1, 0.15) is 5.82 Å². The number of nitrogens with one attached hydrogen (secondary N) is 1. The molecule has 0 atom stereocenters. The van der Waals surface area contributed by atoms with Crippen molar-refractivity contribution in [3.05, 3.63) is 59.4 Å². The number of carbonyl (C=O) groups is 1. The molecular weight excluding hydrogens is 297 g/mol. The summed E-state index contributed by atoms with van der Waals surface area (Å²) in [6.07, 6.45) is 0. The molecule has 2 N–H and O–H groups in total. The summed E-state index contributed by atoms with van der Waals surface area (Å²) in [4.78, 5) is 11.0. The first-order valence-corrected chi connectivity index (χ1v) is 7.41. The molecule has 5 nitrogen and oxygen atoms in total. The molecule has 0 saturated heterocycles. The van der Waals surface area contributed by atoms with E-state index in [4.69, 9.17) is 5.11 Å². The number of carboxylic acid groups (broad SMARTS) is 1. The van der Waals surface area contributed by atoms with E-state index >= 15 is 0 Å². The zero-order valence-corrected chi connectivity index (χ0v) is 11.8. The average Bonchev–Trinajstić information content (AvgIpc) is 2.41. The second-order valence-electron chi connectivity index (χ2n) is 4.34. The first-order chi connectivity index (χ1) is 9.83. The lowest BCUT2D eigenvalue weighted by molar-refractivity contribution is 0.0697. The van der Waals surface area contributed by atoms with E-state index in [1.165, 1.54) is 18.2 Å². The van der Waals surface area contributed by atoms with Gasteiger partial charge < -0.3 is 5.11 Å². The van der Waals surface area contributed by atoms with Gasteiger partial charge >= 0.3 is 5.97 Å². The van der Waals surface area contributed by atoms with Gasteiger partial charge in [0.2, 0.25) is 0 Å². The number of benzene rings is 2. The van der Waals surface area contributed by atoms with Crippen LogP contribution < -0.4 is 4.72 Å². The molecule has 0 unspecified atom stereocenters. The molecule has 0 heterocycles. The summed E-state index contributed by atoms with van der Waals surface area (Å²) in [6, 6.07) is 9.46. The molecule has 0 aliphatic carbocycles. The summed E-state index contributed by atoms with van der Waals surface area (Å²) < 4.78 is 40.3. The third-order valence-electron chi connectivity index (χ3n) is 2.86. The van der Waals surface area contributed by atoms with Crippen LogP contribution in [0.15, 0.2) is 47.4 Å². The van der Waals surface area contributed by atoms with Gasteiger partial charge in [-0.1, -0.05) is 24.3 Å². The molecule has 110 valence electrons. The summed E-state index contributed by atoms with van der Waals surface area (Å²) in [6.45, 7) is 1.59. The minimum absolute atomic E-state index is 0.0374. The monoisotopic (exact) mass is 309 g/mol. The van der Waals surface area contributed by atoms with E-state index in [1.807, 2.05) is 4.72 Å². The van der Waals surface area contributed by atoms with Gasteiger partial charge in [-0.15, -0.1) is 0 Å². The Labute approximate surface area is 121 Å². The Balaban J connectivity index is 2.52. The van der Waals surface area contributed by atoms with E-state index in [2.05, 4.69) is 0 Å². The summed E-state index contributed by atoms with van der Waals surface area (Å²) in [5.41, 5.74) is -0.557. The SMILES string of the molecule is Cc1ccccc1S(=O)(=O)Nc1c(F)cccc1C(=O)O. The Hall–Kier alpha value is -2.41. The van der Waals surface area contributed by atoms with E-state index < -0.39 is 33.1 Å². The van der Waals surface area contributed by atoms with E-state index in [0.29, 0.717) is 5.56 Å². The van der Waals surface area contributed by atoms with Crippen LogP contribution in [0.2, 0.25) is 0 Å². The van der Waals surface area contributed by atoms with Crippen LogP contribution in [0, 0.1) is 12.7 Å². The Bertz CT molecular complexity index is 802. The zero-order valence-electron chi connectivity index (χ0n) is 11.0. The largest absolute Gasteiger partial charge is 0.478 e. The number of hydrogen-bond acceptors (Lipinski definition) is 3. The van der Waals surface area contributed by atoms with Gasteiger partial charge in [0.15, 0.2) is 0 Å². The number of anilines is 1. The molecule has 0 aliphatic heterocycles. The summed E-state index contributed by atoms with van der Waals surface area (Å²) in [5, 5.41) is 9.01. The molecule has 2 aromatic rings. The summed E-state index contributed by atoms with van der Waals surface area (Å²) in [5.74, 6) is -2.37. The third-order valence-corrected chi connectivity index (χ3v) is 4.37. The molecule has 7 heteroatoms. The topological polar surface area (TPSA) is 83.5 Å². The molecule has 0 spiro atoms. The van der Waals surface area contributed by atoms with Crippen LogP contribution in [0.5, 0.6) is 0 Å². The fraction of sp³-hybridized carbons (Fsp3) is 0.0714. The predicted molar refractivity (Wildman–Crippen MR) is 75.3 cm³/mol. The number of sulfonamides is 1. The van der Waals surface area contributed by atoms with Crippen LogP contribution in [0.1, 0.15) is 15.9 Å². The lowest BCUT2D eigenvalue weighted by Gasteiger charge is -2.12. The molecule has 0 saturated carbocycles.